The van der Waals surface area contributed by atoms with E-state index in [1.807, 2.05) is 24.3 Å². The Hall–Kier alpha value is -2.31. The number of carbonyl (C=O) groups excluding carboxylic acids is 2. The molecule has 0 saturated heterocycles. The zero-order chi connectivity index (χ0) is 17.7. The van der Waals surface area contributed by atoms with Crippen LogP contribution in [0.25, 0.3) is 11.3 Å². The highest BCUT2D eigenvalue weighted by atomic mass is 35.5. The molecule has 1 atom stereocenters. The van der Waals surface area contributed by atoms with Crippen LogP contribution in [0.4, 0.5) is 4.79 Å². The Morgan fingerprint density at radius 1 is 1.21 bits per heavy atom. The van der Waals surface area contributed by atoms with Gasteiger partial charge in [-0.25, -0.2) is 4.79 Å². The van der Waals surface area contributed by atoms with Crippen LogP contribution in [0, 0.1) is 0 Å². The minimum Gasteiger partial charge on any atom is -0.460 e. The third kappa shape index (κ3) is 4.59. The zero-order valence-corrected chi connectivity index (χ0v) is 14.6. The van der Waals surface area contributed by atoms with Crippen molar-refractivity contribution in [1.29, 1.82) is 0 Å². The number of furan rings is 1. The smallest absolute Gasteiger partial charge is 0.321 e. The van der Waals surface area contributed by atoms with Crippen LogP contribution >= 0.6 is 11.6 Å². The molecule has 1 aromatic heterocycles. The second-order valence-electron chi connectivity index (χ2n) is 5.43. The van der Waals surface area contributed by atoms with Crippen molar-refractivity contribution in [2.24, 2.45) is 0 Å². The molecule has 2 rings (SSSR count). The van der Waals surface area contributed by atoms with Crippen molar-refractivity contribution in [3.8, 4) is 11.3 Å². The van der Waals surface area contributed by atoms with E-state index in [-0.39, 0.29) is 5.91 Å². The molecule has 0 fully saturated rings. The first-order chi connectivity index (χ1) is 11.4. The predicted molar refractivity (Wildman–Crippen MR) is 92.7 cm³/mol. The molecule has 0 bridgehead atoms. The minimum atomic E-state index is -0.525. The van der Waals surface area contributed by atoms with Gasteiger partial charge in [0.05, 0.1) is 12.6 Å². The van der Waals surface area contributed by atoms with Crippen LogP contribution in [-0.4, -0.2) is 37.0 Å². The second kappa shape index (κ2) is 7.99. The lowest BCUT2D eigenvalue weighted by atomic mass is 10.2. The molecule has 0 saturated carbocycles. The number of likely N-dealkylation sites (N-methyl/N-ethyl adjacent to an activating group) is 1. The van der Waals surface area contributed by atoms with Crippen LogP contribution < -0.4 is 10.6 Å². The van der Waals surface area contributed by atoms with E-state index in [9.17, 15) is 9.59 Å². The van der Waals surface area contributed by atoms with E-state index < -0.39 is 12.1 Å². The van der Waals surface area contributed by atoms with E-state index >= 15 is 0 Å². The first-order valence-electron chi connectivity index (χ1n) is 7.48. The van der Waals surface area contributed by atoms with Gasteiger partial charge in [-0.15, -0.1) is 0 Å². The summed E-state index contributed by atoms with van der Waals surface area (Å²) >= 11 is 5.88. The Labute approximate surface area is 145 Å². The molecule has 128 valence electrons. The highest BCUT2D eigenvalue weighted by Gasteiger charge is 2.20. The van der Waals surface area contributed by atoms with Crippen molar-refractivity contribution in [3.63, 3.8) is 0 Å². The molecular weight excluding hydrogens is 330 g/mol. The largest absolute Gasteiger partial charge is 0.460 e. The molecule has 1 heterocycles. The van der Waals surface area contributed by atoms with Gasteiger partial charge in [0.15, 0.2) is 0 Å². The van der Waals surface area contributed by atoms with Crippen LogP contribution in [0.1, 0.15) is 12.7 Å². The molecule has 0 aliphatic rings. The first-order valence-corrected chi connectivity index (χ1v) is 7.86. The first kappa shape index (κ1) is 18.0. The Kier molecular flexibility index (Phi) is 6.00. The van der Waals surface area contributed by atoms with Gasteiger partial charge in [-0.3, -0.25) is 15.0 Å². The van der Waals surface area contributed by atoms with Crippen molar-refractivity contribution in [2.75, 3.05) is 14.1 Å². The molecule has 24 heavy (non-hydrogen) atoms. The normalized spacial score (nSPS) is 12.0. The summed E-state index contributed by atoms with van der Waals surface area (Å²) in [6, 6.07) is 10.1. The molecule has 1 aromatic carbocycles. The van der Waals surface area contributed by atoms with Gasteiger partial charge in [-0.2, -0.15) is 0 Å². The van der Waals surface area contributed by atoms with E-state index in [4.69, 9.17) is 16.0 Å². The highest BCUT2D eigenvalue weighted by Crippen LogP contribution is 2.24. The van der Waals surface area contributed by atoms with Crippen LogP contribution in [-0.2, 0) is 11.3 Å². The summed E-state index contributed by atoms with van der Waals surface area (Å²) in [6.45, 7) is 2.16. The number of imide groups is 1. The Morgan fingerprint density at radius 3 is 2.50 bits per heavy atom. The van der Waals surface area contributed by atoms with Gasteiger partial charge in [0.25, 0.3) is 0 Å². The molecule has 2 N–H and O–H groups in total. The lowest BCUT2D eigenvalue weighted by molar-refractivity contribution is -0.124. The number of hydrogen-bond acceptors (Lipinski definition) is 4. The number of nitrogens with one attached hydrogen (secondary N) is 2. The van der Waals surface area contributed by atoms with Gasteiger partial charge in [-0.05, 0) is 50.4 Å². The fourth-order valence-corrected chi connectivity index (χ4v) is 2.22. The van der Waals surface area contributed by atoms with Gasteiger partial charge in [0, 0.05) is 17.6 Å². The number of benzene rings is 1. The maximum Gasteiger partial charge on any atom is 0.321 e. The Morgan fingerprint density at radius 2 is 1.88 bits per heavy atom. The SMILES string of the molecule is CNC(=O)NC(=O)[C@@H](C)N(C)Cc1ccc(-c2ccc(Cl)cc2)o1. The molecule has 0 aliphatic heterocycles. The third-order valence-electron chi connectivity index (χ3n) is 3.70. The Balaban J connectivity index is 1.99. The number of hydrogen-bond donors (Lipinski definition) is 2. The van der Waals surface area contributed by atoms with Gasteiger partial charge in [0.2, 0.25) is 5.91 Å². The fourth-order valence-electron chi connectivity index (χ4n) is 2.09. The monoisotopic (exact) mass is 349 g/mol. The fraction of sp³-hybridized carbons (Fsp3) is 0.294. The van der Waals surface area contributed by atoms with Gasteiger partial charge < -0.3 is 9.73 Å². The van der Waals surface area contributed by atoms with E-state index in [0.29, 0.717) is 11.6 Å². The predicted octanol–water partition coefficient (Wildman–Crippen LogP) is 2.88. The lowest BCUT2D eigenvalue weighted by Gasteiger charge is -2.22. The molecule has 3 amide bonds. The number of halogens is 1. The van der Waals surface area contributed by atoms with Crippen LogP contribution in [0.3, 0.4) is 0 Å². The van der Waals surface area contributed by atoms with Crippen molar-refractivity contribution in [2.45, 2.75) is 19.5 Å². The standard InChI is InChI=1S/C17H20ClN3O3/c1-11(16(22)20-17(23)19-2)21(3)10-14-8-9-15(24-14)12-4-6-13(18)7-5-12/h4-9,11H,10H2,1-3H3,(H2,19,20,22,23)/t11-/m1/s1. The van der Waals surface area contributed by atoms with Crippen molar-refractivity contribution < 1.29 is 14.0 Å². The van der Waals surface area contributed by atoms with E-state index in [1.165, 1.54) is 7.05 Å². The highest BCUT2D eigenvalue weighted by molar-refractivity contribution is 6.30. The van der Waals surface area contributed by atoms with E-state index in [0.717, 1.165) is 17.1 Å². The van der Waals surface area contributed by atoms with E-state index in [2.05, 4.69) is 10.6 Å². The minimum absolute atomic E-state index is 0.374. The van der Waals surface area contributed by atoms with Crippen molar-refractivity contribution in [1.82, 2.24) is 15.5 Å². The third-order valence-corrected chi connectivity index (χ3v) is 3.95. The maximum atomic E-state index is 11.9. The molecule has 6 nitrogen and oxygen atoms in total. The van der Waals surface area contributed by atoms with Gasteiger partial charge in [0.1, 0.15) is 11.5 Å². The summed E-state index contributed by atoms with van der Waals surface area (Å²) in [5, 5.41) is 5.27. The molecule has 2 aromatic rings. The summed E-state index contributed by atoms with van der Waals surface area (Å²) in [5.74, 6) is 1.08. The molecule has 0 radical (unpaired) electrons. The summed E-state index contributed by atoms with van der Waals surface area (Å²) < 4.78 is 5.82. The lowest BCUT2D eigenvalue weighted by Crippen LogP contribution is -2.47. The summed E-state index contributed by atoms with van der Waals surface area (Å²) in [5.41, 5.74) is 0.929. The zero-order valence-electron chi connectivity index (χ0n) is 13.8. The van der Waals surface area contributed by atoms with Crippen molar-refractivity contribution >= 4 is 23.5 Å². The Bertz CT molecular complexity index is 712. The molecular formula is C17H20ClN3O3. The molecule has 0 aliphatic carbocycles. The number of rotatable bonds is 5. The average Bonchev–Trinajstić information content (AvgIpc) is 3.02. The summed E-state index contributed by atoms with van der Waals surface area (Å²) in [7, 11) is 3.25. The van der Waals surface area contributed by atoms with Crippen LogP contribution in [0.2, 0.25) is 5.02 Å². The van der Waals surface area contributed by atoms with Crippen LogP contribution in [0.5, 0.6) is 0 Å². The summed E-state index contributed by atoms with van der Waals surface area (Å²) in [6.07, 6.45) is 0. The number of nitrogens with zero attached hydrogens (tertiary/aromatic N) is 1. The quantitative estimate of drug-likeness (QED) is 0.870. The molecule has 7 heteroatoms. The number of carbonyl (C=O) groups is 2. The molecule has 0 unspecified atom stereocenters. The summed E-state index contributed by atoms with van der Waals surface area (Å²) in [4.78, 5) is 24.9. The van der Waals surface area contributed by atoms with Gasteiger partial charge >= 0.3 is 6.03 Å². The average molecular weight is 350 g/mol. The number of amides is 3. The van der Waals surface area contributed by atoms with E-state index in [1.54, 1.807) is 31.0 Å². The van der Waals surface area contributed by atoms with Gasteiger partial charge in [-0.1, -0.05) is 11.6 Å². The number of urea groups is 1. The maximum absolute atomic E-state index is 11.9. The van der Waals surface area contributed by atoms with Crippen LogP contribution in [0.15, 0.2) is 40.8 Å². The van der Waals surface area contributed by atoms with Crippen molar-refractivity contribution in [3.05, 3.63) is 47.2 Å². The second-order valence-corrected chi connectivity index (χ2v) is 5.87. The topological polar surface area (TPSA) is 74.6 Å². The molecule has 0 spiro atoms.